The first-order valence-electron chi connectivity index (χ1n) is 6.31. The molecule has 0 spiro atoms. The number of aromatic nitrogens is 1. The highest BCUT2D eigenvalue weighted by atomic mass is 35.5. The zero-order chi connectivity index (χ0) is 13.7. The highest BCUT2D eigenvalue weighted by molar-refractivity contribution is 7.89. The molecule has 20 heavy (non-hydrogen) atoms. The van der Waals surface area contributed by atoms with Crippen molar-refractivity contribution in [1.29, 1.82) is 0 Å². The molecule has 0 amide bonds. The molecule has 2 heterocycles. The second-order valence-corrected chi connectivity index (χ2v) is 6.52. The van der Waals surface area contributed by atoms with Crippen molar-refractivity contribution in [3.63, 3.8) is 0 Å². The number of sulfonamides is 1. The molecule has 0 saturated carbocycles. The average molecular weight is 324 g/mol. The molecular weight excluding hydrogens is 305 g/mol. The van der Waals surface area contributed by atoms with Gasteiger partial charge in [0.25, 0.3) is 0 Å². The number of hydrogen-bond donors (Lipinski definition) is 1. The van der Waals surface area contributed by atoms with Gasteiger partial charge in [0.1, 0.15) is 0 Å². The molecule has 1 saturated heterocycles. The molecule has 0 bridgehead atoms. The van der Waals surface area contributed by atoms with E-state index in [2.05, 4.69) is 10.3 Å². The minimum absolute atomic E-state index is 0. The number of piperazine rings is 1. The van der Waals surface area contributed by atoms with E-state index in [1.807, 2.05) is 6.07 Å². The SMILES string of the molecule is Cl.O=S(=O)(CCCF)N1CCNCC1c1cccnc1. The lowest BCUT2D eigenvalue weighted by molar-refractivity contribution is 0.270. The van der Waals surface area contributed by atoms with E-state index in [1.165, 1.54) is 4.31 Å². The number of nitrogens with zero attached hydrogens (tertiary/aromatic N) is 2. The molecule has 0 radical (unpaired) electrons. The molecule has 2 rings (SSSR count). The number of halogens is 2. The van der Waals surface area contributed by atoms with Gasteiger partial charge in [-0.05, 0) is 18.1 Å². The minimum Gasteiger partial charge on any atom is -0.313 e. The zero-order valence-corrected chi connectivity index (χ0v) is 12.7. The average Bonchev–Trinajstić information content (AvgIpc) is 2.46. The second-order valence-electron chi connectivity index (χ2n) is 4.48. The Kier molecular flexibility index (Phi) is 6.81. The van der Waals surface area contributed by atoms with Crippen LogP contribution in [0.15, 0.2) is 24.5 Å². The fourth-order valence-electron chi connectivity index (χ4n) is 2.23. The summed E-state index contributed by atoms with van der Waals surface area (Å²) in [6, 6.07) is 3.39. The summed E-state index contributed by atoms with van der Waals surface area (Å²) < 4.78 is 38.2. The van der Waals surface area contributed by atoms with E-state index in [0.717, 1.165) is 5.56 Å². The summed E-state index contributed by atoms with van der Waals surface area (Å²) in [4.78, 5) is 4.03. The maximum Gasteiger partial charge on any atom is 0.214 e. The van der Waals surface area contributed by atoms with Gasteiger partial charge < -0.3 is 5.32 Å². The Morgan fingerprint density at radius 1 is 1.50 bits per heavy atom. The molecule has 1 aliphatic heterocycles. The van der Waals surface area contributed by atoms with E-state index in [-0.39, 0.29) is 30.6 Å². The lowest BCUT2D eigenvalue weighted by Crippen LogP contribution is -2.49. The molecule has 5 nitrogen and oxygen atoms in total. The fourth-order valence-corrected chi connectivity index (χ4v) is 3.89. The number of alkyl halides is 1. The lowest BCUT2D eigenvalue weighted by Gasteiger charge is -2.35. The van der Waals surface area contributed by atoms with Crippen molar-refractivity contribution in [2.75, 3.05) is 32.1 Å². The third-order valence-electron chi connectivity index (χ3n) is 3.16. The van der Waals surface area contributed by atoms with Crippen LogP contribution in [0.2, 0.25) is 0 Å². The smallest absolute Gasteiger partial charge is 0.214 e. The Balaban J connectivity index is 0.00000200. The number of pyridine rings is 1. The first-order valence-corrected chi connectivity index (χ1v) is 7.92. The summed E-state index contributed by atoms with van der Waals surface area (Å²) in [5.74, 6) is -0.139. The van der Waals surface area contributed by atoms with Crippen LogP contribution in [0.1, 0.15) is 18.0 Å². The van der Waals surface area contributed by atoms with Gasteiger partial charge in [0, 0.05) is 32.0 Å². The van der Waals surface area contributed by atoms with Gasteiger partial charge in [-0.25, -0.2) is 8.42 Å². The molecule has 0 aromatic carbocycles. The van der Waals surface area contributed by atoms with Crippen molar-refractivity contribution >= 4 is 22.4 Å². The third kappa shape index (κ3) is 4.12. The highest BCUT2D eigenvalue weighted by Crippen LogP contribution is 2.24. The number of nitrogens with one attached hydrogen (secondary N) is 1. The van der Waals surface area contributed by atoms with Gasteiger partial charge >= 0.3 is 0 Å². The molecule has 0 aliphatic carbocycles. The van der Waals surface area contributed by atoms with E-state index < -0.39 is 16.7 Å². The van der Waals surface area contributed by atoms with Crippen LogP contribution in [0, 0.1) is 0 Å². The normalized spacial score (nSPS) is 20.4. The summed E-state index contributed by atoms with van der Waals surface area (Å²) >= 11 is 0. The van der Waals surface area contributed by atoms with Crippen LogP contribution in [0.5, 0.6) is 0 Å². The molecule has 1 N–H and O–H groups in total. The van der Waals surface area contributed by atoms with Gasteiger partial charge in [0.2, 0.25) is 10.0 Å². The molecule has 1 fully saturated rings. The van der Waals surface area contributed by atoms with Crippen molar-refractivity contribution in [2.45, 2.75) is 12.5 Å². The maximum absolute atomic E-state index is 12.2. The standard InChI is InChI=1S/C12H18FN3O2S.ClH/c13-4-2-8-19(17,18)16-7-6-15-10-12(16)11-3-1-5-14-9-11;/h1,3,5,9,12,15H,2,4,6-8,10H2;1H. The molecule has 1 aromatic heterocycles. The Hall–Kier alpha value is -0.760. The Bertz CT molecular complexity index is 501. The fraction of sp³-hybridized carbons (Fsp3) is 0.583. The largest absolute Gasteiger partial charge is 0.313 e. The van der Waals surface area contributed by atoms with Crippen LogP contribution in [-0.4, -0.2) is 49.8 Å². The van der Waals surface area contributed by atoms with Crippen molar-refractivity contribution in [3.8, 4) is 0 Å². The topological polar surface area (TPSA) is 62.3 Å². The Morgan fingerprint density at radius 3 is 2.95 bits per heavy atom. The lowest BCUT2D eigenvalue weighted by atomic mass is 10.1. The monoisotopic (exact) mass is 323 g/mol. The summed E-state index contributed by atoms with van der Waals surface area (Å²) in [6.45, 7) is 0.975. The zero-order valence-electron chi connectivity index (χ0n) is 11.0. The Labute approximate surface area is 125 Å². The van der Waals surface area contributed by atoms with Crippen LogP contribution in [-0.2, 0) is 10.0 Å². The quantitative estimate of drug-likeness (QED) is 0.882. The van der Waals surface area contributed by atoms with E-state index in [4.69, 9.17) is 0 Å². The molecule has 1 aromatic rings. The van der Waals surface area contributed by atoms with Crippen molar-refractivity contribution in [2.24, 2.45) is 0 Å². The van der Waals surface area contributed by atoms with E-state index in [9.17, 15) is 12.8 Å². The summed E-state index contributed by atoms with van der Waals surface area (Å²) in [7, 11) is -3.42. The number of rotatable bonds is 5. The molecule has 1 aliphatic rings. The molecule has 8 heteroatoms. The van der Waals surface area contributed by atoms with Crippen LogP contribution < -0.4 is 5.32 Å². The molecule has 114 valence electrons. The van der Waals surface area contributed by atoms with Gasteiger partial charge in [-0.1, -0.05) is 6.07 Å². The second kappa shape index (κ2) is 7.87. The van der Waals surface area contributed by atoms with Gasteiger partial charge in [-0.15, -0.1) is 12.4 Å². The van der Waals surface area contributed by atoms with Crippen LogP contribution in [0.4, 0.5) is 4.39 Å². The van der Waals surface area contributed by atoms with Crippen LogP contribution in [0.25, 0.3) is 0 Å². The summed E-state index contributed by atoms with van der Waals surface area (Å²) in [5, 5.41) is 3.18. The molecule has 1 atom stereocenters. The first-order chi connectivity index (χ1) is 9.15. The molecule has 1 unspecified atom stereocenters. The van der Waals surface area contributed by atoms with Crippen LogP contribution in [0.3, 0.4) is 0 Å². The maximum atomic E-state index is 12.2. The van der Waals surface area contributed by atoms with Crippen molar-refractivity contribution in [1.82, 2.24) is 14.6 Å². The van der Waals surface area contributed by atoms with Gasteiger partial charge in [0.05, 0.1) is 18.5 Å². The van der Waals surface area contributed by atoms with Gasteiger partial charge in [-0.2, -0.15) is 4.31 Å². The van der Waals surface area contributed by atoms with Gasteiger partial charge in [-0.3, -0.25) is 9.37 Å². The van der Waals surface area contributed by atoms with Crippen molar-refractivity contribution in [3.05, 3.63) is 30.1 Å². The highest BCUT2D eigenvalue weighted by Gasteiger charge is 2.32. The molecular formula is C12H19ClFN3O2S. The summed E-state index contributed by atoms with van der Waals surface area (Å²) in [5.41, 5.74) is 0.860. The van der Waals surface area contributed by atoms with E-state index in [1.54, 1.807) is 18.5 Å². The minimum atomic E-state index is -3.42. The van der Waals surface area contributed by atoms with E-state index >= 15 is 0 Å². The number of hydrogen-bond acceptors (Lipinski definition) is 4. The predicted octanol–water partition coefficient (Wildman–Crippen LogP) is 1.14. The van der Waals surface area contributed by atoms with Gasteiger partial charge in [0.15, 0.2) is 0 Å². The van der Waals surface area contributed by atoms with Crippen LogP contribution >= 0.6 is 12.4 Å². The summed E-state index contributed by atoms with van der Waals surface area (Å²) in [6.07, 6.45) is 3.38. The van der Waals surface area contributed by atoms with Crippen molar-refractivity contribution < 1.29 is 12.8 Å². The third-order valence-corrected chi connectivity index (χ3v) is 5.11. The first kappa shape index (κ1) is 17.3. The Morgan fingerprint density at radius 2 is 2.30 bits per heavy atom. The van der Waals surface area contributed by atoms with E-state index in [0.29, 0.717) is 19.6 Å². The predicted molar refractivity (Wildman–Crippen MR) is 78.2 cm³/mol.